The first-order valence-corrected chi connectivity index (χ1v) is 4.28. The molecule has 1 fully saturated rings. The van der Waals surface area contributed by atoms with E-state index in [-0.39, 0.29) is 12.1 Å². The molecule has 3 heteroatoms. The maximum Gasteiger partial charge on any atom is 0.0623 e. The van der Waals surface area contributed by atoms with Crippen molar-refractivity contribution >= 4 is 0 Å². The normalized spacial score (nSPS) is 34.1. The summed E-state index contributed by atoms with van der Waals surface area (Å²) in [4.78, 5) is 2.35. The molecule has 0 saturated carbocycles. The summed E-state index contributed by atoms with van der Waals surface area (Å²) in [6.45, 7) is 8.58. The minimum atomic E-state index is -0.0751. The van der Waals surface area contributed by atoms with Crippen molar-refractivity contribution in [1.82, 2.24) is 10.2 Å². The average molecular weight is 158 g/mol. The lowest BCUT2D eigenvalue weighted by Crippen LogP contribution is -2.60. The van der Waals surface area contributed by atoms with E-state index in [1.54, 1.807) is 0 Å². The van der Waals surface area contributed by atoms with Crippen LogP contribution in [0.15, 0.2) is 0 Å². The van der Waals surface area contributed by atoms with Gasteiger partial charge < -0.3 is 15.3 Å². The Balaban J connectivity index is 2.44. The summed E-state index contributed by atoms with van der Waals surface area (Å²) in [5, 5.41) is 12.4. The Morgan fingerprint density at radius 1 is 1.64 bits per heavy atom. The fraction of sp³-hybridized carbons (Fsp3) is 1.00. The predicted molar refractivity (Wildman–Crippen MR) is 45.6 cm³/mol. The van der Waals surface area contributed by atoms with Gasteiger partial charge in [0.25, 0.3) is 0 Å². The van der Waals surface area contributed by atoms with Crippen LogP contribution in [0.5, 0.6) is 0 Å². The SMILES string of the molecule is CCN1CCNC(C)(CO)C1. The molecule has 0 aromatic heterocycles. The van der Waals surface area contributed by atoms with Crippen molar-refractivity contribution in [3.63, 3.8) is 0 Å². The van der Waals surface area contributed by atoms with Crippen LogP contribution in [0.4, 0.5) is 0 Å². The predicted octanol–water partition coefficient (Wildman–Crippen LogP) is -0.337. The van der Waals surface area contributed by atoms with Gasteiger partial charge in [-0.25, -0.2) is 0 Å². The quantitative estimate of drug-likeness (QED) is 0.577. The molecule has 1 aliphatic heterocycles. The molecule has 1 saturated heterocycles. The Bertz CT molecular complexity index is 129. The summed E-state index contributed by atoms with van der Waals surface area (Å²) in [5.41, 5.74) is -0.0751. The van der Waals surface area contributed by atoms with Crippen molar-refractivity contribution in [1.29, 1.82) is 0 Å². The van der Waals surface area contributed by atoms with E-state index in [0.29, 0.717) is 0 Å². The van der Waals surface area contributed by atoms with Gasteiger partial charge in [-0.15, -0.1) is 0 Å². The first-order chi connectivity index (χ1) is 5.20. The van der Waals surface area contributed by atoms with Crippen LogP contribution >= 0.6 is 0 Å². The highest BCUT2D eigenvalue weighted by atomic mass is 16.3. The molecule has 3 nitrogen and oxygen atoms in total. The van der Waals surface area contributed by atoms with Crippen molar-refractivity contribution in [2.75, 3.05) is 32.8 Å². The van der Waals surface area contributed by atoms with E-state index in [0.717, 1.165) is 26.2 Å². The summed E-state index contributed by atoms with van der Waals surface area (Å²) >= 11 is 0. The Morgan fingerprint density at radius 3 is 2.91 bits per heavy atom. The molecule has 0 spiro atoms. The number of rotatable bonds is 2. The summed E-state index contributed by atoms with van der Waals surface area (Å²) in [5.74, 6) is 0. The second kappa shape index (κ2) is 3.52. The average Bonchev–Trinajstić information content (AvgIpc) is 2.05. The third-order valence-electron chi connectivity index (χ3n) is 2.35. The molecule has 0 amide bonds. The van der Waals surface area contributed by atoms with E-state index in [1.807, 2.05) is 0 Å². The van der Waals surface area contributed by atoms with E-state index >= 15 is 0 Å². The first kappa shape index (κ1) is 8.97. The second-order valence-corrected chi connectivity index (χ2v) is 3.51. The number of aliphatic hydroxyl groups is 1. The summed E-state index contributed by atoms with van der Waals surface area (Å²) < 4.78 is 0. The number of aliphatic hydroxyl groups excluding tert-OH is 1. The highest BCUT2D eigenvalue weighted by Gasteiger charge is 2.28. The molecule has 0 aromatic rings. The Morgan fingerprint density at radius 2 is 2.36 bits per heavy atom. The molecule has 1 atom stereocenters. The summed E-state index contributed by atoms with van der Waals surface area (Å²) in [7, 11) is 0. The van der Waals surface area contributed by atoms with E-state index in [4.69, 9.17) is 5.11 Å². The van der Waals surface area contributed by atoms with Gasteiger partial charge in [-0.3, -0.25) is 0 Å². The third-order valence-corrected chi connectivity index (χ3v) is 2.35. The van der Waals surface area contributed by atoms with Crippen LogP contribution in [0.25, 0.3) is 0 Å². The van der Waals surface area contributed by atoms with E-state index in [1.165, 1.54) is 0 Å². The molecule has 0 aliphatic carbocycles. The molecule has 1 unspecified atom stereocenters. The number of hydrogen-bond acceptors (Lipinski definition) is 3. The van der Waals surface area contributed by atoms with Crippen LogP contribution in [-0.2, 0) is 0 Å². The van der Waals surface area contributed by atoms with Crippen LogP contribution < -0.4 is 5.32 Å². The molecule has 1 aliphatic rings. The van der Waals surface area contributed by atoms with Crippen LogP contribution in [0.3, 0.4) is 0 Å². The molecular weight excluding hydrogens is 140 g/mol. The van der Waals surface area contributed by atoms with Gasteiger partial charge >= 0.3 is 0 Å². The minimum absolute atomic E-state index is 0.0751. The van der Waals surface area contributed by atoms with Crippen molar-refractivity contribution in [2.45, 2.75) is 19.4 Å². The lowest BCUT2D eigenvalue weighted by Gasteiger charge is -2.39. The monoisotopic (exact) mass is 158 g/mol. The van der Waals surface area contributed by atoms with E-state index in [9.17, 15) is 0 Å². The number of nitrogens with zero attached hydrogens (tertiary/aromatic N) is 1. The lowest BCUT2D eigenvalue weighted by molar-refractivity contribution is 0.0909. The van der Waals surface area contributed by atoms with Crippen molar-refractivity contribution in [2.24, 2.45) is 0 Å². The molecule has 0 aromatic carbocycles. The first-order valence-electron chi connectivity index (χ1n) is 4.28. The molecular formula is C8H18N2O. The number of nitrogens with one attached hydrogen (secondary N) is 1. The van der Waals surface area contributed by atoms with Gasteiger partial charge in [0.05, 0.1) is 12.1 Å². The van der Waals surface area contributed by atoms with Gasteiger partial charge in [0.1, 0.15) is 0 Å². The molecule has 2 N–H and O–H groups in total. The van der Waals surface area contributed by atoms with Crippen LogP contribution in [-0.4, -0.2) is 48.3 Å². The lowest BCUT2D eigenvalue weighted by atomic mass is 10.0. The molecule has 66 valence electrons. The van der Waals surface area contributed by atoms with Crippen LogP contribution in [0, 0.1) is 0 Å². The maximum absolute atomic E-state index is 9.07. The molecule has 11 heavy (non-hydrogen) atoms. The molecule has 1 rings (SSSR count). The maximum atomic E-state index is 9.07. The summed E-state index contributed by atoms with van der Waals surface area (Å²) in [6.07, 6.45) is 0. The number of hydrogen-bond donors (Lipinski definition) is 2. The number of piperazine rings is 1. The van der Waals surface area contributed by atoms with Crippen molar-refractivity contribution in [3.05, 3.63) is 0 Å². The highest BCUT2D eigenvalue weighted by Crippen LogP contribution is 2.09. The Kier molecular flexibility index (Phi) is 2.87. The Hall–Kier alpha value is -0.120. The Labute approximate surface area is 68.4 Å². The van der Waals surface area contributed by atoms with E-state index in [2.05, 4.69) is 24.1 Å². The molecule has 0 bridgehead atoms. The topological polar surface area (TPSA) is 35.5 Å². The fourth-order valence-corrected chi connectivity index (χ4v) is 1.52. The standard InChI is InChI=1S/C8H18N2O/c1-3-10-5-4-9-8(2,6-10)7-11/h9,11H,3-7H2,1-2H3. The molecule has 1 heterocycles. The van der Waals surface area contributed by atoms with Crippen LogP contribution in [0.2, 0.25) is 0 Å². The molecule has 0 radical (unpaired) electrons. The van der Waals surface area contributed by atoms with Crippen molar-refractivity contribution in [3.8, 4) is 0 Å². The zero-order valence-corrected chi connectivity index (χ0v) is 7.43. The zero-order valence-electron chi connectivity index (χ0n) is 7.43. The van der Waals surface area contributed by atoms with Gasteiger partial charge in [-0.2, -0.15) is 0 Å². The third kappa shape index (κ3) is 2.15. The van der Waals surface area contributed by atoms with Gasteiger partial charge in [-0.05, 0) is 13.5 Å². The van der Waals surface area contributed by atoms with Gasteiger partial charge in [0.15, 0.2) is 0 Å². The largest absolute Gasteiger partial charge is 0.394 e. The van der Waals surface area contributed by atoms with Gasteiger partial charge in [0.2, 0.25) is 0 Å². The second-order valence-electron chi connectivity index (χ2n) is 3.51. The summed E-state index contributed by atoms with van der Waals surface area (Å²) in [6, 6.07) is 0. The van der Waals surface area contributed by atoms with E-state index < -0.39 is 0 Å². The number of likely N-dealkylation sites (N-methyl/N-ethyl adjacent to an activating group) is 1. The zero-order chi connectivity index (χ0) is 8.32. The van der Waals surface area contributed by atoms with Crippen molar-refractivity contribution < 1.29 is 5.11 Å². The van der Waals surface area contributed by atoms with Crippen LogP contribution in [0.1, 0.15) is 13.8 Å². The smallest absolute Gasteiger partial charge is 0.0623 e. The minimum Gasteiger partial charge on any atom is -0.394 e. The highest BCUT2D eigenvalue weighted by molar-refractivity contribution is 4.89. The van der Waals surface area contributed by atoms with Gasteiger partial charge in [0, 0.05) is 19.6 Å². The van der Waals surface area contributed by atoms with Gasteiger partial charge in [-0.1, -0.05) is 6.92 Å². The fourth-order valence-electron chi connectivity index (χ4n) is 1.52.